The molecule has 0 fully saturated rings. The molecule has 0 radical (unpaired) electrons. The Morgan fingerprint density at radius 2 is 1.79 bits per heavy atom. The molecule has 0 saturated carbocycles. The van der Waals surface area contributed by atoms with Crippen LogP contribution >= 0.6 is 35.4 Å². The van der Waals surface area contributed by atoms with Gasteiger partial charge in [-0.05, 0) is 55.5 Å². The van der Waals surface area contributed by atoms with E-state index in [9.17, 15) is 0 Å². The predicted molar refractivity (Wildman–Crippen MR) is 104 cm³/mol. The maximum absolute atomic E-state index is 6.01. The average Bonchev–Trinajstić information content (AvgIpc) is 2.57. The SMILES string of the molecule is COc1ccc(OC)c([C@@H](C)NC(=S)Nc2ccc(Cl)c(Cl)c2)c1. The lowest BCUT2D eigenvalue weighted by Gasteiger charge is -2.20. The van der Waals surface area contributed by atoms with Crippen molar-refractivity contribution in [1.82, 2.24) is 5.32 Å². The van der Waals surface area contributed by atoms with Crippen LogP contribution in [0.2, 0.25) is 10.0 Å². The topological polar surface area (TPSA) is 42.5 Å². The summed E-state index contributed by atoms with van der Waals surface area (Å²) in [4.78, 5) is 0. The molecule has 24 heavy (non-hydrogen) atoms. The lowest BCUT2D eigenvalue weighted by atomic mass is 10.1. The summed E-state index contributed by atoms with van der Waals surface area (Å²) < 4.78 is 10.7. The molecule has 128 valence electrons. The molecule has 0 aliphatic rings. The monoisotopic (exact) mass is 384 g/mol. The minimum absolute atomic E-state index is 0.0853. The number of rotatable bonds is 5. The van der Waals surface area contributed by atoms with Crippen molar-refractivity contribution in [2.45, 2.75) is 13.0 Å². The van der Waals surface area contributed by atoms with Crippen LogP contribution in [-0.4, -0.2) is 19.3 Å². The molecule has 0 saturated heterocycles. The van der Waals surface area contributed by atoms with Crippen molar-refractivity contribution < 1.29 is 9.47 Å². The molecule has 1 atom stereocenters. The Bertz CT molecular complexity index is 741. The summed E-state index contributed by atoms with van der Waals surface area (Å²) in [6.07, 6.45) is 0. The molecular formula is C17H18Cl2N2O2S. The van der Waals surface area contributed by atoms with Crippen LogP contribution in [0.3, 0.4) is 0 Å². The van der Waals surface area contributed by atoms with Gasteiger partial charge in [-0.15, -0.1) is 0 Å². The van der Waals surface area contributed by atoms with E-state index in [0.29, 0.717) is 15.2 Å². The first-order valence-electron chi connectivity index (χ1n) is 7.19. The van der Waals surface area contributed by atoms with E-state index in [1.54, 1.807) is 32.4 Å². The van der Waals surface area contributed by atoms with E-state index in [1.807, 2.05) is 25.1 Å². The molecule has 0 aromatic heterocycles. The van der Waals surface area contributed by atoms with Gasteiger partial charge in [0.15, 0.2) is 5.11 Å². The zero-order chi connectivity index (χ0) is 17.7. The summed E-state index contributed by atoms with van der Waals surface area (Å²) in [6.45, 7) is 1.99. The van der Waals surface area contributed by atoms with Crippen LogP contribution in [-0.2, 0) is 0 Å². The van der Waals surface area contributed by atoms with E-state index in [0.717, 1.165) is 22.7 Å². The van der Waals surface area contributed by atoms with E-state index in [1.165, 1.54) is 0 Å². The molecule has 4 nitrogen and oxygen atoms in total. The Morgan fingerprint density at radius 3 is 2.42 bits per heavy atom. The first-order valence-corrected chi connectivity index (χ1v) is 8.35. The van der Waals surface area contributed by atoms with E-state index in [2.05, 4.69) is 10.6 Å². The number of halogens is 2. The molecule has 0 bridgehead atoms. The van der Waals surface area contributed by atoms with Crippen molar-refractivity contribution in [1.29, 1.82) is 0 Å². The van der Waals surface area contributed by atoms with Crippen molar-refractivity contribution in [2.75, 3.05) is 19.5 Å². The maximum Gasteiger partial charge on any atom is 0.171 e. The summed E-state index contributed by atoms with van der Waals surface area (Å²) in [6, 6.07) is 10.8. The van der Waals surface area contributed by atoms with Crippen molar-refractivity contribution >= 4 is 46.2 Å². The zero-order valence-electron chi connectivity index (χ0n) is 13.5. The van der Waals surface area contributed by atoms with Crippen molar-refractivity contribution in [3.63, 3.8) is 0 Å². The third kappa shape index (κ3) is 4.66. The minimum atomic E-state index is -0.0853. The van der Waals surface area contributed by atoms with Gasteiger partial charge >= 0.3 is 0 Å². The Labute approximate surface area is 157 Å². The van der Waals surface area contributed by atoms with Gasteiger partial charge < -0.3 is 20.1 Å². The summed E-state index contributed by atoms with van der Waals surface area (Å²) in [5, 5.41) is 7.72. The van der Waals surface area contributed by atoms with Crippen LogP contribution in [0.15, 0.2) is 36.4 Å². The molecule has 2 rings (SSSR count). The van der Waals surface area contributed by atoms with Crippen LogP contribution in [0.25, 0.3) is 0 Å². The molecule has 0 amide bonds. The standard InChI is InChI=1S/C17H18Cl2N2O2S/c1-10(13-9-12(22-2)5-7-16(13)23-3)20-17(24)21-11-4-6-14(18)15(19)8-11/h4-10H,1-3H3,(H2,20,21,24)/t10-/m1/s1. The molecule has 0 aliphatic carbocycles. The van der Waals surface area contributed by atoms with E-state index < -0.39 is 0 Å². The van der Waals surface area contributed by atoms with Crippen molar-refractivity contribution in [3.8, 4) is 11.5 Å². The van der Waals surface area contributed by atoms with Gasteiger partial charge in [-0.1, -0.05) is 23.2 Å². The third-order valence-electron chi connectivity index (χ3n) is 3.43. The van der Waals surface area contributed by atoms with E-state index >= 15 is 0 Å². The second-order valence-electron chi connectivity index (χ2n) is 5.06. The Hall–Kier alpha value is -1.69. The highest BCUT2D eigenvalue weighted by Crippen LogP contribution is 2.29. The second kappa shape index (κ2) is 8.42. The average molecular weight is 385 g/mol. The second-order valence-corrected chi connectivity index (χ2v) is 6.28. The summed E-state index contributed by atoms with van der Waals surface area (Å²) in [7, 11) is 3.25. The molecule has 2 aromatic rings. The Balaban J connectivity index is 2.09. The fourth-order valence-corrected chi connectivity index (χ4v) is 2.79. The highest BCUT2D eigenvalue weighted by Gasteiger charge is 2.14. The first-order chi connectivity index (χ1) is 11.4. The summed E-state index contributed by atoms with van der Waals surface area (Å²) in [5.41, 5.74) is 1.70. The maximum atomic E-state index is 6.01. The molecular weight excluding hydrogens is 367 g/mol. The number of hydrogen-bond acceptors (Lipinski definition) is 3. The van der Waals surface area contributed by atoms with Crippen LogP contribution in [0, 0.1) is 0 Å². The quantitative estimate of drug-likeness (QED) is 0.705. The molecule has 2 N–H and O–H groups in total. The lowest BCUT2D eigenvalue weighted by molar-refractivity contribution is 0.395. The van der Waals surface area contributed by atoms with Gasteiger partial charge in [-0.2, -0.15) is 0 Å². The Morgan fingerprint density at radius 1 is 1.04 bits per heavy atom. The third-order valence-corrected chi connectivity index (χ3v) is 4.39. The first kappa shape index (κ1) is 18.6. The Kier molecular flexibility index (Phi) is 6.54. The molecule has 7 heteroatoms. The molecule has 0 heterocycles. The van der Waals surface area contributed by atoms with Gasteiger partial charge in [0.05, 0.1) is 30.3 Å². The normalized spacial score (nSPS) is 11.5. The van der Waals surface area contributed by atoms with Gasteiger partial charge in [-0.25, -0.2) is 0 Å². The lowest BCUT2D eigenvalue weighted by Crippen LogP contribution is -2.31. The number of ether oxygens (including phenoxy) is 2. The van der Waals surface area contributed by atoms with Crippen LogP contribution in [0.1, 0.15) is 18.5 Å². The fraction of sp³-hybridized carbons (Fsp3) is 0.235. The number of hydrogen-bond donors (Lipinski definition) is 2. The predicted octanol–water partition coefficient (Wildman–Crippen LogP) is 5.06. The fourth-order valence-electron chi connectivity index (χ4n) is 2.19. The number of thiocarbonyl (C=S) groups is 1. The highest BCUT2D eigenvalue weighted by molar-refractivity contribution is 7.80. The van der Waals surface area contributed by atoms with E-state index in [-0.39, 0.29) is 6.04 Å². The summed E-state index contributed by atoms with van der Waals surface area (Å²) in [5.74, 6) is 1.51. The van der Waals surface area contributed by atoms with Crippen LogP contribution < -0.4 is 20.1 Å². The smallest absolute Gasteiger partial charge is 0.171 e. The highest BCUT2D eigenvalue weighted by atomic mass is 35.5. The van der Waals surface area contributed by atoms with Gasteiger partial charge in [0, 0.05) is 11.3 Å². The number of benzene rings is 2. The zero-order valence-corrected chi connectivity index (χ0v) is 15.9. The summed E-state index contributed by atoms with van der Waals surface area (Å²) >= 11 is 17.3. The molecule has 2 aromatic carbocycles. The van der Waals surface area contributed by atoms with Gasteiger partial charge in [-0.3, -0.25) is 0 Å². The minimum Gasteiger partial charge on any atom is -0.497 e. The van der Waals surface area contributed by atoms with Gasteiger partial charge in [0.2, 0.25) is 0 Å². The number of anilines is 1. The van der Waals surface area contributed by atoms with Crippen LogP contribution in [0.4, 0.5) is 5.69 Å². The van der Waals surface area contributed by atoms with Gasteiger partial charge in [0.1, 0.15) is 11.5 Å². The largest absolute Gasteiger partial charge is 0.497 e. The van der Waals surface area contributed by atoms with Gasteiger partial charge in [0.25, 0.3) is 0 Å². The molecule has 0 spiro atoms. The molecule has 0 aliphatic heterocycles. The van der Waals surface area contributed by atoms with E-state index in [4.69, 9.17) is 44.9 Å². The molecule has 0 unspecified atom stereocenters. The number of methoxy groups -OCH3 is 2. The van der Waals surface area contributed by atoms with Crippen molar-refractivity contribution in [3.05, 3.63) is 52.0 Å². The number of nitrogens with one attached hydrogen (secondary N) is 2. The van der Waals surface area contributed by atoms with Crippen LogP contribution in [0.5, 0.6) is 11.5 Å². The van der Waals surface area contributed by atoms with Crippen molar-refractivity contribution in [2.24, 2.45) is 0 Å².